The van der Waals surface area contributed by atoms with Crippen LogP contribution in [-0.2, 0) is 13.0 Å². The maximum atomic E-state index is 6.00. The number of hydrogen-bond acceptors (Lipinski definition) is 2. The summed E-state index contributed by atoms with van der Waals surface area (Å²) in [5, 5.41) is 0. The Labute approximate surface area is 118 Å². The zero-order chi connectivity index (χ0) is 13.7. The van der Waals surface area contributed by atoms with E-state index >= 15 is 0 Å². The molecule has 1 fully saturated rings. The summed E-state index contributed by atoms with van der Waals surface area (Å²) >= 11 is 0. The van der Waals surface area contributed by atoms with Gasteiger partial charge in [-0.15, -0.1) is 0 Å². The minimum atomic E-state index is 0.443. The Morgan fingerprint density at radius 2 is 1.58 bits per heavy atom. The fourth-order valence-electron chi connectivity index (χ4n) is 3.08. The van der Waals surface area contributed by atoms with Crippen molar-refractivity contribution in [3.05, 3.63) is 35.4 Å². The van der Waals surface area contributed by atoms with Crippen LogP contribution in [0.4, 0.5) is 0 Å². The average Bonchev–Trinajstić information content (AvgIpc) is 2.46. The van der Waals surface area contributed by atoms with E-state index in [9.17, 15) is 0 Å². The molecule has 0 unspecified atom stereocenters. The van der Waals surface area contributed by atoms with Gasteiger partial charge in [0.25, 0.3) is 0 Å². The SMILES string of the molecule is CCc1ccc(CN(CC)C2CCC(N)CC2)cc1. The number of aryl methyl sites for hydroxylation is 1. The summed E-state index contributed by atoms with van der Waals surface area (Å²) in [6.07, 6.45) is 6.04. The molecule has 0 saturated heterocycles. The number of hydrogen-bond donors (Lipinski definition) is 1. The molecule has 0 radical (unpaired) electrons. The molecule has 2 nitrogen and oxygen atoms in total. The molecule has 2 rings (SSSR count). The normalized spacial score (nSPS) is 23.8. The molecule has 1 aliphatic rings. The summed E-state index contributed by atoms with van der Waals surface area (Å²) in [6, 6.07) is 10.3. The van der Waals surface area contributed by atoms with E-state index in [4.69, 9.17) is 5.73 Å². The van der Waals surface area contributed by atoms with E-state index in [0.717, 1.165) is 25.6 Å². The molecule has 0 aliphatic heterocycles. The van der Waals surface area contributed by atoms with Gasteiger partial charge in [0.2, 0.25) is 0 Å². The Hall–Kier alpha value is -0.860. The second-order valence-corrected chi connectivity index (χ2v) is 5.80. The molecular weight excluding hydrogens is 232 g/mol. The number of nitrogens with two attached hydrogens (primary N) is 1. The highest BCUT2D eigenvalue weighted by molar-refractivity contribution is 5.22. The van der Waals surface area contributed by atoms with Crippen LogP contribution in [0.2, 0.25) is 0 Å². The van der Waals surface area contributed by atoms with Gasteiger partial charge in [-0.25, -0.2) is 0 Å². The number of benzene rings is 1. The highest BCUT2D eigenvalue weighted by Gasteiger charge is 2.23. The van der Waals surface area contributed by atoms with Crippen molar-refractivity contribution in [3.8, 4) is 0 Å². The Bertz CT molecular complexity index is 363. The van der Waals surface area contributed by atoms with Crippen LogP contribution in [0.1, 0.15) is 50.7 Å². The largest absolute Gasteiger partial charge is 0.328 e. The predicted molar refractivity (Wildman–Crippen MR) is 82.1 cm³/mol. The minimum Gasteiger partial charge on any atom is -0.328 e. The summed E-state index contributed by atoms with van der Waals surface area (Å²) in [7, 11) is 0. The van der Waals surface area contributed by atoms with Crippen molar-refractivity contribution in [3.63, 3.8) is 0 Å². The van der Waals surface area contributed by atoms with E-state index in [2.05, 4.69) is 43.0 Å². The van der Waals surface area contributed by atoms with Crippen LogP contribution in [0.25, 0.3) is 0 Å². The van der Waals surface area contributed by atoms with Crippen LogP contribution >= 0.6 is 0 Å². The van der Waals surface area contributed by atoms with Gasteiger partial charge in [-0.1, -0.05) is 38.1 Å². The lowest BCUT2D eigenvalue weighted by Crippen LogP contribution is -2.40. The van der Waals surface area contributed by atoms with E-state index < -0.39 is 0 Å². The van der Waals surface area contributed by atoms with Crippen LogP contribution in [0.15, 0.2) is 24.3 Å². The molecular formula is C17H28N2. The Kier molecular flexibility index (Phi) is 5.41. The Balaban J connectivity index is 1.94. The smallest absolute Gasteiger partial charge is 0.0236 e. The van der Waals surface area contributed by atoms with Crippen molar-refractivity contribution < 1.29 is 0 Å². The summed E-state index contributed by atoms with van der Waals surface area (Å²) in [4.78, 5) is 2.62. The van der Waals surface area contributed by atoms with Crippen molar-refractivity contribution in [2.24, 2.45) is 5.73 Å². The molecule has 2 heteroatoms. The second kappa shape index (κ2) is 7.06. The second-order valence-electron chi connectivity index (χ2n) is 5.80. The first-order valence-electron chi connectivity index (χ1n) is 7.80. The van der Waals surface area contributed by atoms with E-state index in [0.29, 0.717) is 6.04 Å². The zero-order valence-electron chi connectivity index (χ0n) is 12.4. The van der Waals surface area contributed by atoms with Gasteiger partial charge in [0, 0.05) is 18.6 Å². The molecule has 106 valence electrons. The van der Waals surface area contributed by atoms with Crippen LogP contribution in [0.5, 0.6) is 0 Å². The molecule has 0 atom stereocenters. The highest BCUT2D eigenvalue weighted by Crippen LogP contribution is 2.23. The maximum absolute atomic E-state index is 6.00. The van der Waals surface area contributed by atoms with Crippen molar-refractivity contribution in [2.45, 2.75) is 64.6 Å². The molecule has 1 saturated carbocycles. The molecule has 1 aromatic carbocycles. The molecule has 1 aromatic rings. The molecule has 0 aromatic heterocycles. The Morgan fingerprint density at radius 1 is 1.00 bits per heavy atom. The van der Waals surface area contributed by atoms with Crippen LogP contribution in [0.3, 0.4) is 0 Å². The van der Waals surface area contributed by atoms with Gasteiger partial charge in [0.1, 0.15) is 0 Å². The molecule has 0 amide bonds. The molecule has 0 bridgehead atoms. The first-order valence-corrected chi connectivity index (χ1v) is 7.80. The molecule has 0 spiro atoms. The van der Waals surface area contributed by atoms with Gasteiger partial charge in [0.15, 0.2) is 0 Å². The van der Waals surface area contributed by atoms with Gasteiger partial charge in [-0.2, -0.15) is 0 Å². The third-order valence-corrected chi connectivity index (χ3v) is 4.48. The van der Waals surface area contributed by atoms with Gasteiger partial charge in [-0.05, 0) is 49.8 Å². The van der Waals surface area contributed by atoms with Crippen molar-refractivity contribution in [1.29, 1.82) is 0 Å². The number of rotatable bonds is 5. The fraction of sp³-hybridized carbons (Fsp3) is 0.647. The third kappa shape index (κ3) is 4.05. The van der Waals surface area contributed by atoms with Gasteiger partial charge >= 0.3 is 0 Å². The molecule has 0 heterocycles. The first-order chi connectivity index (χ1) is 9.22. The summed E-state index contributed by atoms with van der Waals surface area (Å²) in [5.41, 5.74) is 8.87. The van der Waals surface area contributed by atoms with Crippen molar-refractivity contribution in [1.82, 2.24) is 4.90 Å². The van der Waals surface area contributed by atoms with Crippen molar-refractivity contribution >= 4 is 0 Å². The topological polar surface area (TPSA) is 29.3 Å². The predicted octanol–water partition coefficient (Wildman–Crippen LogP) is 3.34. The standard InChI is InChI=1S/C17H28N2/c1-3-14-5-7-15(8-6-14)13-19(4-2)17-11-9-16(18)10-12-17/h5-8,16-17H,3-4,9-13,18H2,1-2H3. The Morgan fingerprint density at radius 3 is 2.11 bits per heavy atom. The van der Waals surface area contributed by atoms with Crippen LogP contribution < -0.4 is 5.73 Å². The lowest BCUT2D eigenvalue weighted by atomic mass is 9.90. The summed E-state index contributed by atoms with van der Waals surface area (Å²) in [6.45, 7) is 6.70. The lowest BCUT2D eigenvalue weighted by Gasteiger charge is -2.35. The maximum Gasteiger partial charge on any atom is 0.0236 e. The fourth-order valence-corrected chi connectivity index (χ4v) is 3.08. The molecule has 1 aliphatic carbocycles. The van der Waals surface area contributed by atoms with Crippen LogP contribution in [0, 0.1) is 0 Å². The molecule has 19 heavy (non-hydrogen) atoms. The van der Waals surface area contributed by atoms with E-state index in [1.54, 1.807) is 0 Å². The van der Waals surface area contributed by atoms with Crippen LogP contribution in [-0.4, -0.2) is 23.5 Å². The van der Waals surface area contributed by atoms with Gasteiger partial charge in [-0.3, -0.25) is 4.90 Å². The average molecular weight is 260 g/mol. The number of nitrogens with zero attached hydrogens (tertiary/aromatic N) is 1. The molecule has 2 N–H and O–H groups in total. The zero-order valence-corrected chi connectivity index (χ0v) is 12.4. The summed E-state index contributed by atoms with van der Waals surface area (Å²) in [5.74, 6) is 0. The monoisotopic (exact) mass is 260 g/mol. The van der Waals surface area contributed by atoms with Gasteiger partial charge < -0.3 is 5.73 Å². The van der Waals surface area contributed by atoms with E-state index in [1.807, 2.05) is 0 Å². The van der Waals surface area contributed by atoms with E-state index in [1.165, 1.54) is 36.8 Å². The lowest BCUT2D eigenvalue weighted by molar-refractivity contribution is 0.149. The van der Waals surface area contributed by atoms with Crippen molar-refractivity contribution in [2.75, 3.05) is 6.54 Å². The van der Waals surface area contributed by atoms with Gasteiger partial charge in [0.05, 0.1) is 0 Å². The summed E-state index contributed by atoms with van der Waals surface area (Å²) < 4.78 is 0. The minimum absolute atomic E-state index is 0.443. The van der Waals surface area contributed by atoms with E-state index in [-0.39, 0.29) is 0 Å². The quantitative estimate of drug-likeness (QED) is 0.880. The first kappa shape index (κ1) is 14.5. The highest BCUT2D eigenvalue weighted by atomic mass is 15.1. The third-order valence-electron chi connectivity index (χ3n) is 4.48.